The predicted molar refractivity (Wildman–Crippen MR) is 30.7 cm³/mol. The van der Waals surface area contributed by atoms with Gasteiger partial charge < -0.3 is 17.1 Å². The van der Waals surface area contributed by atoms with E-state index in [1.807, 2.05) is 0 Å². The summed E-state index contributed by atoms with van der Waals surface area (Å²) in [6.45, 7) is 0.826. The fraction of sp³-hybridized carbons (Fsp3) is 1.00. The third-order valence-corrected chi connectivity index (χ3v) is 1.10. The number of halogens is 3. The van der Waals surface area contributed by atoms with Crippen molar-refractivity contribution in [3.63, 3.8) is 0 Å². The van der Waals surface area contributed by atoms with Crippen LogP contribution in [0.25, 0.3) is 0 Å². The van der Waals surface area contributed by atoms with Crippen LogP contribution in [-0.4, -0.2) is 23.6 Å². The summed E-state index contributed by atoms with van der Waals surface area (Å²) in [5, 5.41) is 0. The summed E-state index contributed by atoms with van der Waals surface area (Å²) < 4.78 is 34.9. The van der Waals surface area contributed by atoms with Gasteiger partial charge in [0.25, 0.3) is 0 Å². The van der Waals surface area contributed by atoms with Gasteiger partial charge in [-0.05, 0) is 6.54 Å². The molecular weight excluding hydrogens is 151 g/mol. The highest BCUT2D eigenvalue weighted by atomic mass is 32.1. The molecule has 0 bridgehead atoms. The van der Waals surface area contributed by atoms with Gasteiger partial charge in [0.15, 0.2) is 0 Å². The number of hydrogen-bond donors (Lipinski definition) is 0. The van der Waals surface area contributed by atoms with E-state index in [9.17, 15) is 13.2 Å². The lowest BCUT2D eigenvalue weighted by Crippen LogP contribution is -2.29. The van der Waals surface area contributed by atoms with E-state index in [1.165, 1.54) is 0 Å². The Hall–Kier alpha value is 0.100. The molecule has 9 heavy (non-hydrogen) atoms. The van der Waals surface area contributed by atoms with Crippen LogP contribution in [0.1, 0.15) is 6.92 Å². The molecular formula is C4H7F3NS-. The normalized spacial score (nSPS) is 12.7. The van der Waals surface area contributed by atoms with Gasteiger partial charge in [-0.25, -0.2) is 0 Å². The highest BCUT2D eigenvalue weighted by Gasteiger charge is 2.26. The minimum atomic E-state index is -4.16. The van der Waals surface area contributed by atoms with Crippen LogP contribution in [-0.2, 0) is 12.8 Å². The maximum atomic E-state index is 11.4. The average Bonchev–Trinajstić information content (AvgIpc) is 1.62. The second-order valence-electron chi connectivity index (χ2n) is 1.57. The van der Waals surface area contributed by atoms with Gasteiger partial charge in [0.05, 0.1) is 6.54 Å². The molecule has 0 saturated heterocycles. The third-order valence-electron chi connectivity index (χ3n) is 0.708. The minimum Gasteiger partial charge on any atom is -0.701 e. The molecule has 0 radical (unpaired) electrons. The molecule has 0 aliphatic carbocycles. The molecule has 5 heteroatoms. The zero-order chi connectivity index (χ0) is 7.49. The third kappa shape index (κ3) is 5.98. The van der Waals surface area contributed by atoms with E-state index in [2.05, 4.69) is 12.8 Å². The van der Waals surface area contributed by atoms with Gasteiger partial charge in [-0.2, -0.15) is 13.2 Å². The van der Waals surface area contributed by atoms with Crippen LogP contribution in [0.3, 0.4) is 0 Å². The lowest BCUT2D eigenvalue weighted by molar-refractivity contribution is -0.134. The molecule has 0 spiro atoms. The first-order valence-corrected chi connectivity index (χ1v) is 2.81. The second-order valence-corrected chi connectivity index (χ2v) is 2.09. The minimum absolute atomic E-state index is 0.245. The van der Waals surface area contributed by atoms with Gasteiger partial charge in [0.1, 0.15) is 0 Å². The zero-order valence-corrected chi connectivity index (χ0v) is 5.72. The van der Waals surface area contributed by atoms with E-state index in [4.69, 9.17) is 0 Å². The Labute approximate surface area is 57.4 Å². The lowest BCUT2D eigenvalue weighted by atomic mass is 10.6. The van der Waals surface area contributed by atoms with Gasteiger partial charge in [0, 0.05) is 0 Å². The van der Waals surface area contributed by atoms with Crippen molar-refractivity contribution in [2.24, 2.45) is 0 Å². The van der Waals surface area contributed by atoms with Gasteiger partial charge >= 0.3 is 6.18 Å². The first kappa shape index (κ1) is 9.10. The van der Waals surface area contributed by atoms with Crippen molar-refractivity contribution in [1.29, 1.82) is 0 Å². The summed E-state index contributed by atoms with van der Waals surface area (Å²) in [7, 11) is 0. The molecule has 0 aromatic carbocycles. The maximum Gasteiger partial charge on any atom is 0.399 e. The number of rotatable bonds is 2. The number of alkyl halides is 3. The van der Waals surface area contributed by atoms with Crippen molar-refractivity contribution >= 4 is 12.8 Å². The van der Waals surface area contributed by atoms with Crippen molar-refractivity contribution in [2.45, 2.75) is 13.1 Å². The van der Waals surface area contributed by atoms with E-state index in [0.717, 1.165) is 4.31 Å². The van der Waals surface area contributed by atoms with Crippen LogP contribution in [0.4, 0.5) is 13.2 Å². The monoisotopic (exact) mass is 158 g/mol. The molecule has 0 atom stereocenters. The molecule has 0 amide bonds. The van der Waals surface area contributed by atoms with Crippen molar-refractivity contribution in [3.8, 4) is 0 Å². The van der Waals surface area contributed by atoms with Crippen molar-refractivity contribution in [2.75, 3.05) is 13.1 Å². The molecule has 0 aromatic heterocycles. The molecule has 0 aromatic rings. The molecule has 0 rings (SSSR count). The molecule has 0 unspecified atom stereocenters. The van der Waals surface area contributed by atoms with Gasteiger partial charge in [-0.3, -0.25) is 0 Å². The molecule has 0 heterocycles. The second kappa shape index (κ2) is 3.31. The van der Waals surface area contributed by atoms with Crippen LogP contribution in [0.15, 0.2) is 0 Å². The van der Waals surface area contributed by atoms with Crippen LogP contribution >= 0.6 is 0 Å². The van der Waals surface area contributed by atoms with Gasteiger partial charge in [-0.15, -0.1) is 0 Å². The lowest BCUT2D eigenvalue weighted by Gasteiger charge is -2.27. The van der Waals surface area contributed by atoms with Crippen molar-refractivity contribution in [1.82, 2.24) is 4.31 Å². The number of nitrogens with zero attached hydrogens (tertiary/aromatic N) is 1. The quantitative estimate of drug-likeness (QED) is 0.558. The van der Waals surface area contributed by atoms with Crippen molar-refractivity contribution in [3.05, 3.63) is 0 Å². The predicted octanol–water partition coefficient (Wildman–Crippen LogP) is 1.33. The van der Waals surface area contributed by atoms with E-state index >= 15 is 0 Å². The number of hydrogen-bond acceptors (Lipinski definition) is 2. The van der Waals surface area contributed by atoms with E-state index in [-0.39, 0.29) is 6.54 Å². The Bertz CT molecular complexity index is 82.4. The molecule has 0 fully saturated rings. The topological polar surface area (TPSA) is 3.24 Å². The highest BCUT2D eigenvalue weighted by molar-refractivity contribution is 7.55. The van der Waals surface area contributed by atoms with Gasteiger partial charge in [0.2, 0.25) is 0 Å². The standard InChI is InChI=1S/C4H7F3NS/c1-2-8(9)3-4(5,6)7/h2-3H2,1H3/q-1. The zero-order valence-electron chi connectivity index (χ0n) is 4.90. The summed E-state index contributed by atoms with van der Waals surface area (Å²) in [5.74, 6) is 0. The maximum absolute atomic E-state index is 11.4. The molecule has 1 nitrogen and oxygen atoms in total. The average molecular weight is 158 g/mol. The van der Waals surface area contributed by atoms with Crippen LogP contribution in [0, 0.1) is 0 Å². The molecule has 0 saturated carbocycles. The fourth-order valence-corrected chi connectivity index (χ4v) is 0.458. The summed E-state index contributed by atoms with van der Waals surface area (Å²) >= 11 is 4.30. The Morgan fingerprint density at radius 3 is 2.00 bits per heavy atom. The van der Waals surface area contributed by atoms with Crippen LogP contribution in [0.2, 0.25) is 0 Å². The summed E-state index contributed by atoms with van der Waals surface area (Å²) in [4.78, 5) is 0. The Morgan fingerprint density at radius 2 is 1.89 bits per heavy atom. The first-order chi connectivity index (χ1) is 3.95. The van der Waals surface area contributed by atoms with Crippen LogP contribution in [0.5, 0.6) is 0 Å². The Balaban J connectivity index is 3.47. The fourth-order valence-electron chi connectivity index (χ4n) is 0.312. The Morgan fingerprint density at radius 1 is 1.44 bits per heavy atom. The largest absolute Gasteiger partial charge is 0.701 e. The molecule has 0 aliphatic heterocycles. The van der Waals surface area contributed by atoms with E-state index in [1.54, 1.807) is 6.92 Å². The smallest absolute Gasteiger partial charge is 0.399 e. The van der Waals surface area contributed by atoms with Crippen molar-refractivity contribution < 1.29 is 13.2 Å². The Kier molecular flexibility index (Phi) is 3.35. The summed E-state index contributed by atoms with van der Waals surface area (Å²) in [6, 6.07) is 0. The summed E-state index contributed by atoms with van der Waals surface area (Å²) in [6.07, 6.45) is -4.16. The van der Waals surface area contributed by atoms with E-state index in [0.29, 0.717) is 0 Å². The molecule has 0 N–H and O–H groups in total. The van der Waals surface area contributed by atoms with Gasteiger partial charge in [-0.1, -0.05) is 6.92 Å². The van der Waals surface area contributed by atoms with E-state index < -0.39 is 12.7 Å². The van der Waals surface area contributed by atoms with Crippen LogP contribution < -0.4 is 0 Å². The molecule has 0 aliphatic rings. The summed E-state index contributed by atoms with van der Waals surface area (Å²) in [5.41, 5.74) is 0. The SMILES string of the molecule is CCN([S-])CC(F)(F)F. The molecule has 56 valence electrons. The first-order valence-electron chi connectivity index (χ1n) is 2.44. The highest BCUT2D eigenvalue weighted by Crippen LogP contribution is 2.15.